The zero-order valence-corrected chi connectivity index (χ0v) is 18.1. The lowest BCUT2D eigenvalue weighted by atomic mass is 9.96. The van der Waals surface area contributed by atoms with E-state index in [2.05, 4.69) is 45.4 Å². The maximum atomic E-state index is 12.8. The van der Waals surface area contributed by atoms with Crippen LogP contribution in [0, 0.1) is 5.92 Å². The van der Waals surface area contributed by atoms with Crippen LogP contribution < -0.4 is 10.2 Å². The number of likely N-dealkylation sites (tertiary alicyclic amines) is 1. The minimum Gasteiger partial charge on any atom is -0.378 e. The number of halogens is 1. The Morgan fingerprint density at radius 2 is 1.83 bits per heavy atom. The third-order valence-corrected chi connectivity index (χ3v) is 6.38. The number of anilines is 1. The fourth-order valence-corrected chi connectivity index (χ4v) is 4.46. The predicted molar refractivity (Wildman–Crippen MR) is 121 cm³/mol. The lowest BCUT2D eigenvalue weighted by molar-refractivity contribution is -0.126. The summed E-state index contributed by atoms with van der Waals surface area (Å²) < 4.78 is 5.41. The molecule has 6 heteroatoms. The van der Waals surface area contributed by atoms with Crippen molar-refractivity contribution in [2.75, 3.05) is 44.3 Å². The third kappa shape index (κ3) is 5.54. The number of nitrogens with zero attached hydrogens (tertiary/aromatic N) is 2. The van der Waals surface area contributed by atoms with Crippen molar-refractivity contribution >= 4 is 23.2 Å². The molecule has 30 heavy (non-hydrogen) atoms. The van der Waals surface area contributed by atoms with Crippen molar-refractivity contribution in [1.82, 2.24) is 10.2 Å². The second kappa shape index (κ2) is 10.3. The van der Waals surface area contributed by atoms with E-state index in [1.807, 2.05) is 18.2 Å². The Labute approximate surface area is 184 Å². The largest absolute Gasteiger partial charge is 0.378 e. The third-order valence-electron chi connectivity index (χ3n) is 6.01. The second-order valence-electron chi connectivity index (χ2n) is 8.15. The van der Waals surface area contributed by atoms with Crippen LogP contribution >= 0.6 is 11.6 Å². The average Bonchev–Trinajstić information content (AvgIpc) is 2.80. The number of hydrogen-bond donors (Lipinski definition) is 1. The van der Waals surface area contributed by atoms with E-state index in [1.54, 1.807) is 0 Å². The van der Waals surface area contributed by atoms with Gasteiger partial charge in [0.2, 0.25) is 5.91 Å². The Bertz CT molecular complexity index is 837. The molecular weight excluding hydrogens is 398 g/mol. The first-order valence-electron chi connectivity index (χ1n) is 10.8. The normalized spacial score (nSPS) is 20.2. The summed E-state index contributed by atoms with van der Waals surface area (Å²) in [7, 11) is 0. The summed E-state index contributed by atoms with van der Waals surface area (Å²) in [5.41, 5.74) is 3.47. The molecule has 5 nitrogen and oxygen atoms in total. The minimum atomic E-state index is 0.0360. The van der Waals surface area contributed by atoms with Gasteiger partial charge in [-0.3, -0.25) is 9.69 Å². The number of benzene rings is 2. The summed E-state index contributed by atoms with van der Waals surface area (Å²) in [6.45, 7) is 6.60. The van der Waals surface area contributed by atoms with Crippen molar-refractivity contribution < 1.29 is 9.53 Å². The predicted octanol–water partition coefficient (Wildman–Crippen LogP) is 3.71. The highest BCUT2D eigenvalue weighted by atomic mass is 35.5. The highest BCUT2D eigenvalue weighted by molar-refractivity contribution is 6.31. The van der Waals surface area contributed by atoms with E-state index in [9.17, 15) is 4.79 Å². The Morgan fingerprint density at radius 3 is 2.60 bits per heavy atom. The summed E-state index contributed by atoms with van der Waals surface area (Å²) in [6, 6.07) is 16.4. The number of ether oxygens (including phenoxy) is 1. The first-order chi connectivity index (χ1) is 14.7. The summed E-state index contributed by atoms with van der Waals surface area (Å²) >= 11 is 6.31. The first-order valence-corrected chi connectivity index (χ1v) is 11.2. The maximum absolute atomic E-state index is 12.8. The Kier molecular flexibility index (Phi) is 7.26. The van der Waals surface area contributed by atoms with Gasteiger partial charge in [-0.25, -0.2) is 0 Å². The fourth-order valence-electron chi connectivity index (χ4n) is 4.26. The standard InChI is InChI=1S/C24H30ClN3O2/c25-23-6-2-1-4-20(23)17-27-11-3-5-21(18-27)24(29)26-16-19-7-9-22(10-8-19)28-12-14-30-15-13-28/h1-2,4,6-10,21H,3,5,11-18H2,(H,26,29)/t21-/m1/s1. The molecule has 2 fully saturated rings. The van der Waals surface area contributed by atoms with Crippen molar-refractivity contribution in [2.45, 2.75) is 25.9 Å². The van der Waals surface area contributed by atoms with E-state index in [4.69, 9.17) is 16.3 Å². The van der Waals surface area contributed by atoms with Crippen LogP contribution in [0.2, 0.25) is 5.02 Å². The van der Waals surface area contributed by atoms with Gasteiger partial charge in [0.25, 0.3) is 0 Å². The number of piperidine rings is 1. The van der Waals surface area contributed by atoms with Crippen molar-refractivity contribution in [3.05, 3.63) is 64.7 Å². The lowest BCUT2D eigenvalue weighted by Gasteiger charge is -2.32. The Hall–Kier alpha value is -2.08. The summed E-state index contributed by atoms with van der Waals surface area (Å²) in [5, 5.41) is 3.93. The molecule has 2 saturated heterocycles. The van der Waals surface area contributed by atoms with Crippen molar-refractivity contribution in [1.29, 1.82) is 0 Å². The molecule has 0 spiro atoms. The average molecular weight is 428 g/mol. The van der Waals surface area contributed by atoms with Crippen LogP contribution in [-0.4, -0.2) is 50.2 Å². The van der Waals surface area contributed by atoms with E-state index < -0.39 is 0 Å². The highest BCUT2D eigenvalue weighted by Gasteiger charge is 2.26. The maximum Gasteiger partial charge on any atom is 0.224 e. The number of hydrogen-bond acceptors (Lipinski definition) is 4. The molecule has 160 valence electrons. The molecule has 0 unspecified atom stereocenters. The summed E-state index contributed by atoms with van der Waals surface area (Å²) in [6.07, 6.45) is 1.98. The van der Waals surface area contributed by atoms with Gasteiger partial charge in [0.05, 0.1) is 19.1 Å². The van der Waals surface area contributed by atoms with Crippen LogP contribution in [0.1, 0.15) is 24.0 Å². The van der Waals surface area contributed by atoms with Gasteiger partial charge < -0.3 is 15.0 Å². The molecule has 2 aliphatic heterocycles. The summed E-state index contributed by atoms with van der Waals surface area (Å²) in [4.78, 5) is 17.4. The second-order valence-corrected chi connectivity index (χ2v) is 8.56. The molecule has 4 rings (SSSR count). The molecule has 2 aliphatic rings. The number of nitrogens with one attached hydrogen (secondary N) is 1. The molecule has 1 N–H and O–H groups in total. The zero-order chi connectivity index (χ0) is 20.8. The van der Waals surface area contributed by atoms with E-state index in [0.717, 1.165) is 74.9 Å². The van der Waals surface area contributed by atoms with Crippen LogP contribution in [0.15, 0.2) is 48.5 Å². The highest BCUT2D eigenvalue weighted by Crippen LogP contribution is 2.22. The molecule has 1 atom stereocenters. The number of morpholine rings is 1. The SMILES string of the molecule is O=C(NCc1ccc(N2CCOCC2)cc1)[C@@H]1CCCN(Cc2ccccc2Cl)C1. The smallest absolute Gasteiger partial charge is 0.224 e. The van der Waals surface area contributed by atoms with Crippen LogP contribution in [0.25, 0.3) is 0 Å². The van der Waals surface area contributed by atoms with Gasteiger partial charge in [-0.2, -0.15) is 0 Å². The minimum absolute atomic E-state index is 0.0360. The zero-order valence-electron chi connectivity index (χ0n) is 17.4. The van der Waals surface area contributed by atoms with Gasteiger partial charge in [-0.05, 0) is 48.7 Å². The molecule has 1 amide bonds. The molecule has 2 aromatic carbocycles. The monoisotopic (exact) mass is 427 g/mol. The summed E-state index contributed by atoms with van der Waals surface area (Å²) in [5.74, 6) is 0.185. The Morgan fingerprint density at radius 1 is 1.07 bits per heavy atom. The van der Waals surface area contributed by atoms with Gasteiger partial charge >= 0.3 is 0 Å². The number of amides is 1. The Balaban J connectivity index is 1.26. The van der Waals surface area contributed by atoms with Crippen LogP contribution in [0.5, 0.6) is 0 Å². The lowest BCUT2D eigenvalue weighted by Crippen LogP contribution is -2.42. The molecule has 0 saturated carbocycles. The molecule has 0 aliphatic carbocycles. The molecule has 0 bridgehead atoms. The van der Waals surface area contributed by atoms with Crippen LogP contribution in [0.3, 0.4) is 0 Å². The fraction of sp³-hybridized carbons (Fsp3) is 0.458. The molecule has 0 radical (unpaired) electrons. The molecule has 2 heterocycles. The van der Waals surface area contributed by atoms with Gasteiger partial charge in [0.15, 0.2) is 0 Å². The van der Waals surface area contributed by atoms with Gasteiger partial charge in [0, 0.05) is 43.4 Å². The first kappa shape index (κ1) is 21.2. The molecular formula is C24H30ClN3O2. The quantitative estimate of drug-likeness (QED) is 0.763. The van der Waals surface area contributed by atoms with E-state index in [0.29, 0.717) is 6.54 Å². The van der Waals surface area contributed by atoms with Crippen molar-refractivity contribution in [3.63, 3.8) is 0 Å². The van der Waals surface area contributed by atoms with Gasteiger partial charge in [-0.15, -0.1) is 0 Å². The number of carbonyl (C=O) groups is 1. The van der Waals surface area contributed by atoms with Crippen molar-refractivity contribution in [2.24, 2.45) is 5.92 Å². The number of rotatable bonds is 6. The topological polar surface area (TPSA) is 44.8 Å². The van der Waals surface area contributed by atoms with E-state index >= 15 is 0 Å². The van der Waals surface area contributed by atoms with E-state index in [1.165, 1.54) is 5.69 Å². The number of carbonyl (C=O) groups excluding carboxylic acids is 1. The van der Waals surface area contributed by atoms with Crippen LogP contribution in [0.4, 0.5) is 5.69 Å². The van der Waals surface area contributed by atoms with Gasteiger partial charge in [0.1, 0.15) is 0 Å². The van der Waals surface area contributed by atoms with Crippen molar-refractivity contribution in [3.8, 4) is 0 Å². The van der Waals surface area contributed by atoms with E-state index in [-0.39, 0.29) is 11.8 Å². The molecule has 0 aromatic heterocycles. The van der Waals surface area contributed by atoms with Gasteiger partial charge in [-0.1, -0.05) is 41.9 Å². The van der Waals surface area contributed by atoms with Crippen LogP contribution in [-0.2, 0) is 22.6 Å². The molecule has 2 aromatic rings.